The van der Waals surface area contributed by atoms with Crippen LogP contribution in [-0.2, 0) is 4.74 Å². The van der Waals surface area contributed by atoms with Crippen molar-refractivity contribution in [1.82, 2.24) is 4.90 Å². The first kappa shape index (κ1) is 14.0. The highest BCUT2D eigenvalue weighted by atomic mass is 16.5. The van der Waals surface area contributed by atoms with E-state index < -0.39 is 0 Å². The zero-order valence-corrected chi connectivity index (χ0v) is 11.6. The van der Waals surface area contributed by atoms with Crippen molar-refractivity contribution in [2.75, 3.05) is 40.0 Å². The van der Waals surface area contributed by atoms with Crippen molar-refractivity contribution in [2.45, 2.75) is 6.92 Å². The van der Waals surface area contributed by atoms with E-state index in [1.54, 1.807) is 7.11 Å². The summed E-state index contributed by atoms with van der Waals surface area (Å²) >= 11 is 0. The molecular weight excluding hydrogens is 242 g/mol. The van der Waals surface area contributed by atoms with Crippen LogP contribution in [0, 0.1) is 5.92 Å². The number of nitrogens with zero attached hydrogens (tertiary/aromatic N) is 1. The number of carbonyl (C=O) groups excluding carboxylic acids is 1. The van der Waals surface area contributed by atoms with E-state index in [1.165, 1.54) is 0 Å². The van der Waals surface area contributed by atoms with Gasteiger partial charge in [-0.2, -0.15) is 0 Å². The third kappa shape index (κ3) is 3.55. The van der Waals surface area contributed by atoms with E-state index in [4.69, 9.17) is 9.47 Å². The number of hydrogen-bond donors (Lipinski definition) is 0. The second kappa shape index (κ2) is 6.68. The molecule has 0 aliphatic carbocycles. The predicted molar refractivity (Wildman–Crippen MR) is 73.7 cm³/mol. The van der Waals surface area contributed by atoms with Gasteiger partial charge in [0.1, 0.15) is 5.75 Å². The van der Waals surface area contributed by atoms with Crippen molar-refractivity contribution in [1.29, 1.82) is 0 Å². The quantitative estimate of drug-likeness (QED) is 0.760. The van der Waals surface area contributed by atoms with Crippen LogP contribution in [0.1, 0.15) is 17.3 Å². The number of Topliss-reactive ketones (excluding diaryl/α,β-unsaturated/α-hetero) is 1. The summed E-state index contributed by atoms with van der Waals surface area (Å²) in [5.41, 5.74) is 0.672. The summed E-state index contributed by atoms with van der Waals surface area (Å²) in [4.78, 5) is 14.7. The molecule has 1 saturated heterocycles. The van der Waals surface area contributed by atoms with Crippen molar-refractivity contribution in [3.63, 3.8) is 0 Å². The van der Waals surface area contributed by atoms with E-state index in [2.05, 4.69) is 4.90 Å². The molecule has 1 atom stereocenters. The maximum Gasteiger partial charge on any atom is 0.170 e. The van der Waals surface area contributed by atoms with Crippen molar-refractivity contribution < 1.29 is 14.3 Å². The second-order valence-corrected chi connectivity index (χ2v) is 4.88. The van der Waals surface area contributed by atoms with Crippen molar-refractivity contribution in [3.8, 4) is 5.75 Å². The Kier molecular flexibility index (Phi) is 4.93. The van der Waals surface area contributed by atoms with Crippen LogP contribution in [0.15, 0.2) is 24.3 Å². The fourth-order valence-electron chi connectivity index (χ4n) is 2.37. The van der Waals surface area contributed by atoms with Gasteiger partial charge in [0, 0.05) is 25.6 Å². The molecule has 1 unspecified atom stereocenters. The number of ketones is 1. The number of morpholine rings is 1. The molecule has 1 aromatic carbocycles. The van der Waals surface area contributed by atoms with Crippen LogP contribution in [0.4, 0.5) is 0 Å². The Hall–Kier alpha value is -1.39. The molecular formula is C15H21NO3. The molecule has 0 spiro atoms. The predicted octanol–water partition coefficient (Wildman–Crippen LogP) is 1.85. The van der Waals surface area contributed by atoms with Crippen LogP contribution in [0.2, 0.25) is 0 Å². The fraction of sp³-hybridized carbons (Fsp3) is 0.533. The highest BCUT2D eigenvalue weighted by Crippen LogP contribution is 2.21. The molecule has 0 saturated carbocycles. The summed E-state index contributed by atoms with van der Waals surface area (Å²) in [6.45, 7) is 6.09. The number of methoxy groups -OCH3 is 1. The molecule has 1 aliphatic heterocycles. The van der Waals surface area contributed by atoms with Crippen LogP contribution < -0.4 is 4.74 Å². The van der Waals surface area contributed by atoms with E-state index in [-0.39, 0.29) is 11.7 Å². The minimum absolute atomic E-state index is 0.0330. The number of rotatable bonds is 5. The third-order valence-electron chi connectivity index (χ3n) is 3.46. The smallest absolute Gasteiger partial charge is 0.170 e. The van der Waals surface area contributed by atoms with Gasteiger partial charge in [-0.25, -0.2) is 0 Å². The topological polar surface area (TPSA) is 38.8 Å². The third-order valence-corrected chi connectivity index (χ3v) is 3.46. The Morgan fingerprint density at radius 1 is 1.37 bits per heavy atom. The minimum atomic E-state index is -0.0330. The molecule has 2 rings (SSSR count). The monoisotopic (exact) mass is 263 g/mol. The van der Waals surface area contributed by atoms with E-state index >= 15 is 0 Å². The zero-order valence-electron chi connectivity index (χ0n) is 11.6. The van der Waals surface area contributed by atoms with E-state index in [0.717, 1.165) is 32.8 Å². The Balaban J connectivity index is 2.01. The number of ether oxygens (including phenoxy) is 2. The normalized spacial score (nSPS) is 18.0. The summed E-state index contributed by atoms with van der Waals surface area (Å²) in [6.07, 6.45) is 0. The van der Waals surface area contributed by atoms with Crippen LogP contribution in [0.5, 0.6) is 5.75 Å². The van der Waals surface area contributed by atoms with E-state index in [0.29, 0.717) is 11.3 Å². The van der Waals surface area contributed by atoms with Gasteiger partial charge in [0.25, 0.3) is 0 Å². The molecule has 19 heavy (non-hydrogen) atoms. The van der Waals surface area contributed by atoms with Crippen molar-refractivity contribution in [2.24, 2.45) is 5.92 Å². The molecule has 0 bridgehead atoms. The highest BCUT2D eigenvalue weighted by Gasteiger charge is 2.22. The number of hydrogen-bond acceptors (Lipinski definition) is 4. The Bertz CT molecular complexity index is 427. The average molecular weight is 263 g/mol. The zero-order chi connectivity index (χ0) is 13.7. The molecule has 1 aromatic rings. The van der Waals surface area contributed by atoms with Crippen LogP contribution in [0.25, 0.3) is 0 Å². The first-order valence-corrected chi connectivity index (χ1v) is 6.69. The number of benzene rings is 1. The average Bonchev–Trinajstić information content (AvgIpc) is 2.47. The maximum absolute atomic E-state index is 12.5. The lowest BCUT2D eigenvalue weighted by atomic mass is 9.98. The summed E-state index contributed by atoms with van der Waals surface area (Å²) < 4.78 is 10.6. The van der Waals surface area contributed by atoms with Gasteiger partial charge in [0.15, 0.2) is 5.78 Å². The molecule has 0 N–H and O–H groups in total. The fourth-order valence-corrected chi connectivity index (χ4v) is 2.37. The largest absolute Gasteiger partial charge is 0.496 e. The molecule has 0 radical (unpaired) electrons. The number of carbonyl (C=O) groups is 1. The van der Waals surface area contributed by atoms with Crippen molar-refractivity contribution in [3.05, 3.63) is 29.8 Å². The summed E-state index contributed by atoms with van der Waals surface area (Å²) in [7, 11) is 1.60. The first-order chi connectivity index (χ1) is 9.22. The Labute approximate surface area is 114 Å². The lowest BCUT2D eigenvalue weighted by molar-refractivity contribution is 0.0312. The van der Waals surface area contributed by atoms with E-state index in [1.807, 2.05) is 31.2 Å². The maximum atomic E-state index is 12.5. The Morgan fingerprint density at radius 3 is 2.74 bits per heavy atom. The molecule has 1 aliphatic rings. The molecule has 1 fully saturated rings. The van der Waals surface area contributed by atoms with E-state index in [9.17, 15) is 4.79 Å². The molecule has 0 aromatic heterocycles. The highest BCUT2D eigenvalue weighted by molar-refractivity contribution is 6.00. The molecule has 104 valence electrons. The minimum Gasteiger partial charge on any atom is -0.496 e. The molecule has 1 heterocycles. The summed E-state index contributed by atoms with van der Waals surface area (Å²) in [5.74, 6) is 0.764. The van der Waals surface area contributed by atoms with Gasteiger partial charge in [0.2, 0.25) is 0 Å². The second-order valence-electron chi connectivity index (χ2n) is 4.88. The first-order valence-electron chi connectivity index (χ1n) is 6.69. The van der Waals surface area contributed by atoms with Crippen LogP contribution >= 0.6 is 0 Å². The molecule has 4 heteroatoms. The van der Waals surface area contributed by atoms with Gasteiger partial charge in [-0.3, -0.25) is 9.69 Å². The van der Waals surface area contributed by atoms with Gasteiger partial charge >= 0.3 is 0 Å². The van der Waals surface area contributed by atoms with Gasteiger partial charge in [-0.05, 0) is 12.1 Å². The lowest BCUT2D eigenvalue weighted by Gasteiger charge is -2.28. The van der Waals surface area contributed by atoms with Gasteiger partial charge in [0.05, 0.1) is 25.9 Å². The lowest BCUT2D eigenvalue weighted by Crippen LogP contribution is -2.40. The standard InChI is InChI=1S/C15H21NO3/c1-12(11-16-7-9-19-10-8-16)15(17)13-5-3-4-6-14(13)18-2/h3-6,12H,7-11H2,1-2H3. The molecule has 4 nitrogen and oxygen atoms in total. The van der Waals surface area contributed by atoms with Gasteiger partial charge in [-0.1, -0.05) is 19.1 Å². The van der Waals surface area contributed by atoms with Crippen LogP contribution in [0.3, 0.4) is 0 Å². The SMILES string of the molecule is COc1ccccc1C(=O)C(C)CN1CCOCC1. The molecule has 0 amide bonds. The summed E-state index contributed by atoms with van der Waals surface area (Å²) in [6, 6.07) is 7.41. The summed E-state index contributed by atoms with van der Waals surface area (Å²) in [5, 5.41) is 0. The Morgan fingerprint density at radius 2 is 2.05 bits per heavy atom. The van der Waals surface area contributed by atoms with Gasteiger partial charge in [-0.15, -0.1) is 0 Å². The van der Waals surface area contributed by atoms with Crippen molar-refractivity contribution >= 4 is 5.78 Å². The van der Waals surface area contributed by atoms with Crippen LogP contribution in [-0.4, -0.2) is 50.6 Å². The van der Waals surface area contributed by atoms with Gasteiger partial charge < -0.3 is 9.47 Å². The number of para-hydroxylation sites is 1.